The van der Waals surface area contributed by atoms with Crippen molar-refractivity contribution in [3.8, 4) is 0 Å². The van der Waals surface area contributed by atoms with Crippen LogP contribution < -0.4 is 0 Å². The maximum Gasteiger partial charge on any atom is 0.365 e. The van der Waals surface area contributed by atoms with Crippen LogP contribution in [0.5, 0.6) is 0 Å². The van der Waals surface area contributed by atoms with Crippen LogP contribution in [-0.2, 0) is 16.0 Å². The van der Waals surface area contributed by atoms with Gasteiger partial charge in [0, 0.05) is 18.1 Å². The van der Waals surface area contributed by atoms with Gasteiger partial charge in [0.05, 0.1) is 0 Å². The quantitative estimate of drug-likeness (QED) is 0.361. The molecule has 0 saturated carbocycles. The molecule has 0 heterocycles. The summed E-state index contributed by atoms with van der Waals surface area (Å²) in [4.78, 5) is 22.3. The Hall–Kier alpha value is -0.940. The summed E-state index contributed by atoms with van der Waals surface area (Å²) in [5.74, 6) is 1.04. The van der Waals surface area contributed by atoms with Crippen molar-refractivity contribution in [1.29, 1.82) is 0 Å². The van der Waals surface area contributed by atoms with Crippen molar-refractivity contribution >= 4 is 35.5 Å². The zero-order valence-corrected chi connectivity index (χ0v) is 11.9. The fourth-order valence-electron chi connectivity index (χ4n) is 1.38. The van der Waals surface area contributed by atoms with Crippen LogP contribution in [0.15, 0.2) is 30.3 Å². The number of thiol groups is 1. The molecule has 0 N–H and O–H groups in total. The molecule has 1 unspecified atom stereocenters. The van der Waals surface area contributed by atoms with Gasteiger partial charge in [0.1, 0.15) is 11.7 Å². The van der Waals surface area contributed by atoms with Crippen LogP contribution in [0.2, 0.25) is 0 Å². The van der Waals surface area contributed by atoms with Gasteiger partial charge < -0.3 is 4.74 Å². The van der Waals surface area contributed by atoms with Crippen LogP contribution in [0.4, 0.5) is 4.79 Å². The lowest BCUT2D eigenvalue weighted by Crippen LogP contribution is -2.16. The normalized spacial score (nSPS) is 11.9. The van der Waals surface area contributed by atoms with Gasteiger partial charge in [-0.15, -0.1) is 11.8 Å². The van der Waals surface area contributed by atoms with Gasteiger partial charge in [-0.3, -0.25) is 4.79 Å². The summed E-state index contributed by atoms with van der Waals surface area (Å²) in [6.07, 6.45) is 0.453. The number of ketones is 1. The number of hydrogen-bond acceptors (Lipinski definition) is 4. The Balaban J connectivity index is 2.27. The number of benzene rings is 1. The van der Waals surface area contributed by atoms with Crippen LogP contribution >= 0.6 is 24.4 Å². The Labute approximate surface area is 117 Å². The third-order valence-corrected chi connectivity index (χ3v) is 3.55. The Kier molecular flexibility index (Phi) is 6.90. The Morgan fingerprint density at radius 3 is 2.61 bits per heavy atom. The molecule has 0 aliphatic rings. The lowest BCUT2D eigenvalue weighted by Gasteiger charge is -2.10. The van der Waals surface area contributed by atoms with E-state index in [0.717, 1.165) is 5.56 Å². The number of Topliss-reactive ketones (excluding diaryl/α,β-unsaturated/α-hetero) is 1. The summed E-state index contributed by atoms with van der Waals surface area (Å²) in [6.45, 7) is 1.89. The molecule has 0 bridgehead atoms. The number of ether oxygens (including phenoxy) is 1. The number of hydrogen-bond donors (Lipinski definition) is 1. The third-order valence-electron chi connectivity index (χ3n) is 2.40. The highest BCUT2D eigenvalue weighted by Crippen LogP contribution is 2.13. The highest BCUT2D eigenvalue weighted by Gasteiger charge is 2.13. The van der Waals surface area contributed by atoms with Gasteiger partial charge in [0.25, 0.3) is 0 Å². The van der Waals surface area contributed by atoms with E-state index < -0.39 is 5.30 Å². The highest BCUT2D eigenvalue weighted by molar-refractivity contribution is 7.99. The largest absolute Gasteiger partial charge is 0.447 e. The average molecular weight is 284 g/mol. The molecular weight excluding hydrogens is 268 g/mol. The maximum absolute atomic E-state index is 11.9. The first-order valence-corrected chi connectivity index (χ1v) is 7.20. The smallest absolute Gasteiger partial charge is 0.365 e. The Bertz CT molecular complexity index is 392. The predicted octanol–water partition coefficient (Wildman–Crippen LogP) is 3.19. The summed E-state index contributed by atoms with van der Waals surface area (Å²) in [5, 5.41) is -0.592. The van der Waals surface area contributed by atoms with Gasteiger partial charge in [-0.05, 0) is 5.56 Å². The molecule has 1 rings (SSSR count). The molecule has 0 spiro atoms. The summed E-state index contributed by atoms with van der Waals surface area (Å²) in [5.41, 5.74) is 1.03. The first-order valence-electron chi connectivity index (χ1n) is 5.59. The van der Waals surface area contributed by atoms with E-state index in [0.29, 0.717) is 12.2 Å². The van der Waals surface area contributed by atoms with Gasteiger partial charge in [-0.2, -0.15) is 0 Å². The van der Waals surface area contributed by atoms with Crippen molar-refractivity contribution in [1.82, 2.24) is 0 Å². The van der Waals surface area contributed by atoms with Crippen molar-refractivity contribution in [2.75, 3.05) is 11.7 Å². The fraction of sp³-hybridized carbons (Fsp3) is 0.385. The van der Waals surface area contributed by atoms with Crippen molar-refractivity contribution < 1.29 is 14.3 Å². The van der Waals surface area contributed by atoms with E-state index in [2.05, 4.69) is 17.4 Å². The minimum atomic E-state index is -0.592. The number of rotatable bonds is 7. The maximum atomic E-state index is 11.9. The van der Waals surface area contributed by atoms with Gasteiger partial charge in [-0.1, -0.05) is 49.9 Å². The molecule has 0 aromatic heterocycles. The first kappa shape index (κ1) is 15.1. The van der Waals surface area contributed by atoms with Crippen molar-refractivity contribution in [2.45, 2.75) is 13.3 Å². The average Bonchev–Trinajstić information content (AvgIpc) is 2.35. The number of thioether (sulfide) groups is 1. The molecule has 98 valence electrons. The summed E-state index contributed by atoms with van der Waals surface area (Å²) >= 11 is 4.90. The van der Waals surface area contributed by atoms with Crippen LogP contribution in [0.3, 0.4) is 0 Å². The van der Waals surface area contributed by atoms with E-state index >= 15 is 0 Å². The topological polar surface area (TPSA) is 43.4 Å². The number of carbonyl (C=O) groups is 2. The van der Waals surface area contributed by atoms with E-state index in [1.165, 1.54) is 11.8 Å². The zero-order chi connectivity index (χ0) is 13.4. The fourth-order valence-corrected chi connectivity index (χ4v) is 2.36. The molecule has 0 saturated heterocycles. The molecule has 0 amide bonds. The molecule has 0 aliphatic heterocycles. The predicted molar refractivity (Wildman–Crippen MR) is 77.1 cm³/mol. The Morgan fingerprint density at radius 2 is 2.00 bits per heavy atom. The lowest BCUT2D eigenvalue weighted by molar-refractivity contribution is -0.121. The molecule has 0 fully saturated rings. The SMILES string of the molecule is CC(CSCOC(=O)S)C(=O)Cc1ccccc1. The molecule has 5 heteroatoms. The van der Waals surface area contributed by atoms with Crippen LogP contribution in [0.25, 0.3) is 0 Å². The molecule has 1 aromatic rings. The van der Waals surface area contributed by atoms with E-state index in [9.17, 15) is 9.59 Å². The van der Waals surface area contributed by atoms with E-state index in [-0.39, 0.29) is 17.6 Å². The zero-order valence-electron chi connectivity index (χ0n) is 10.2. The third kappa shape index (κ3) is 6.12. The van der Waals surface area contributed by atoms with Crippen molar-refractivity contribution in [3.05, 3.63) is 35.9 Å². The van der Waals surface area contributed by atoms with Gasteiger partial charge in [0.2, 0.25) is 0 Å². The summed E-state index contributed by atoms with van der Waals surface area (Å²) < 4.78 is 4.67. The minimum absolute atomic E-state index is 0.0474. The second kappa shape index (κ2) is 8.21. The monoisotopic (exact) mass is 284 g/mol. The molecule has 1 atom stereocenters. The first-order chi connectivity index (χ1) is 8.59. The van der Waals surface area contributed by atoms with E-state index in [1.54, 1.807) is 0 Å². The van der Waals surface area contributed by atoms with Crippen LogP contribution in [-0.4, -0.2) is 22.8 Å². The second-order valence-electron chi connectivity index (χ2n) is 3.93. The van der Waals surface area contributed by atoms with Crippen molar-refractivity contribution in [3.63, 3.8) is 0 Å². The molecule has 0 aliphatic carbocycles. The Morgan fingerprint density at radius 1 is 1.33 bits per heavy atom. The molecular formula is C13H16O3S2. The lowest BCUT2D eigenvalue weighted by atomic mass is 10.0. The molecule has 1 aromatic carbocycles. The van der Waals surface area contributed by atoms with Gasteiger partial charge in [0.15, 0.2) is 0 Å². The minimum Gasteiger partial charge on any atom is -0.447 e. The van der Waals surface area contributed by atoms with Crippen molar-refractivity contribution in [2.24, 2.45) is 5.92 Å². The van der Waals surface area contributed by atoms with E-state index in [4.69, 9.17) is 0 Å². The molecule has 18 heavy (non-hydrogen) atoms. The summed E-state index contributed by atoms with van der Waals surface area (Å²) in [7, 11) is 0. The molecule has 0 radical (unpaired) electrons. The number of carbonyl (C=O) groups excluding carboxylic acids is 2. The summed E-state index contributed by atoms with van der Waals surface area (Å²) in [6, 6.07) is 9.67. The van der Waals surface area contributed by atoms with E-state index in [1.807, 2.05) is 37.3 Å². The second-order valence-corrected chi connectivity index (χ2v) is 5.27. The standard InChI is InChI=1S/C13H16O3S2/c1-10(8-18-9-16-13(15)17)12(14)7-11-5-3-2-4-6-11/h2-6,10H,7-9H2,1H3,(H,15,17). The highest BCUT2D eigenvalue weighted by atomic mass is 32.2. The van der Waals surface area contributed by atoms with Crippen LogP contribution in [0.1, 0.15) is 12.5 Å². The molecule has 3 nitrogen and oxygen atoms in total. The van der Waals surface area contributed by atoms with Crippen LogP contribution in [0, 0.1) is 5.92 Å². The van der Waals surface area contributed by atoms with Gasteiger partial charge in [-0.25, -0.2) is 4.79 Å². The van der Waals surface area contributed by atoms with Gasteiger partial charge >= 0.3 is 5.30 Å².